The molecule has 1 aromatic carbocycles. The number of benzene rings is 1. The van der Waals surface area contributed by atoms with Gasteiger partial charge in [0.05, 0.1) is 0 Å². The molecule has 1 saturated carbocycles. The van der Waals surface area contributed by atoms with Crippen molar-refractivity contribution in [2.24, 2.45) is 11.0 Å². The SMILES string of the molecule is CCc1ccc(OCC(=O)N/N=C2\CCCC(C)C2)cc1. The Balaban J connectivity index is 1.75. The summed E-state index contributed by atoms with van der Waals surface area (Å²) in [5, 5.41) is 4.21. The maximum absolute atomic E-state index is 11.7. The zero-order valence-electron chi connectivity index (χ0n) is 12.9. The van der Waals surface area contributed by atoms with Crippen molar-refractivity contribution in [3.8, 4) is 5.75 Å². The van der Waals surface area contributed by atoms with Crippen LogP contribution in [-0.2, 0) is 11.2 Å². The van der Waals surface area contributed by atoms with Crippen LogP contribution in [0, 0.1) is 5.92 Å². The normalized spacial score (nSPS) is 20.3. The average Bonchev–Trinajstić information content (AvgIpc) is 2.51. The number of hydrogen-bond acceptors (Lipinski definition) is 3. The van der Waals surface area contributed by atoms with E-state index < -0.39 is 0 Å². The van der Waals surface area contributed by atoms with E-state index in [1.54, 1.807) is 0 Å². The molecule has 0 bridgehead atoms. The van der Waals surface area contributed by atoms with Crippen molar-refractivity contribution >= 4 is 11.6 Å². The van der Waals surface area contributed by atoms with Crippen LogP contribution in [-0.4, -0.2) is 18.2 Å². The number of carbonyl (C=O) groups is 1. The fourth-order valence-corrected chi connectivity index (χ4v) is 2.51. The van der Waals surface area contributed by atoms with Crippen LogP contribution in [0.1, 0.15) is 45.1 Å². The number of ether oxygens (including phenoxy) is 1. The second-order valence-corrected chi connectivity index (χ2v) is 5.70. The number of rotatable bonds is 5. The number of amides is 1. The van der Waals surface area contributed by atoms with Gasteiger partial charge in [-0.15, -0.1) is 0 Å². The number of nitrogens with one attached hydrogen (secondary N) is 1. The summed E-state index contributed by atoms with van der Waals surface area (Å²) in [5.41, 5.74) is 4.94. The monoisotopic (exact) mass is 288 g/mol. The quantitative estimate of drug-likeness (QED) is 0.845. The predicted molar refractivity (Wildman–Crippen MR) is 84.5 cm³/mol. The van der Waals surface area contributed by atoms with Gasteiger partial charge in [0.2, 0.25) is 0 Å². The van der Waals surface area contributed by atoms with Crippen LogP contribution in [0.2, 0.25) is 0 Å². The maximum Gasteiger partial charge on any atom is 0.277 e. The summed E-state index contributed by atoms with van der Waals surface area (Å²) in [6, 6.07) is 7.80. The van der Waals surface area contributed by atoms with Gasteiger partial charge >= 0.3 is 0 Å². The molecule has 1 unspecified atom stereocenters. The molecular weight excluding hydrogens is 264 g/mol. The lowest BCUT2D eigenvalue weighted by Crippen LogP contribution is -2.27. The van der Waals surface area contributed by atoms with Crippen molar-refractivity contribution in [3.63, 3.8) is 0 Å². The predicted octanol–water partition coefficient (Wildman–Crippen LogP) is 3.31. The Morgan fingerprint density at radius 3 is 2.81 bits per heavy atom. The highest BCUT2D eigenvalue weighted by atomic mass is 16.5. The van der Waals surface area contributed by atoms with E-state index in [2.05, 4.69) is 24.4 Å². The highest BCUT2D eigenvalue weighted by molar-refractivity contribution is 5.87. The lowest BCUT2D eigenvalue weighted by molar-refractivity contribution is -0.123. The van der Waals surface area contributed by atoms with Gasteiger partial charge in [-0.05, 0) is 55.7 Å². The molecule has 1 amide bonds. The Hall–Kier alpha value is -1.84. The summed E-state index contributed by atoms with van der Waals surface area (Å²) < 4.78 is 5.45. The Morgan fingerprint density at radius 1 is 1.38 bits per heavy atom. The van der Waals surface area contributed by atoms with E-state index in [1.807, 2.05) is 24.3 Å². The van der Waals surface area contributed by atoms with Crippen LogP contribution in [0.15, 0.2) is 29.4 Å². The zero-order chi connectivity index (χ0) is 15.1. The molecule has 0 aromatic heterocycles. The molecule has 0 aliphatic heterocycles. The Labute approximate surface area is 126 Å². The standard InChI is InChI=1S/C17H24N2O2/c1-3-14-7-9-16(10-8-14)21-12-17(20)19-18-15-6-4-5-13(2)11-15/h7-10,13H,3-6,11-12H2,1-2H3,(H,19,20)/b18-15+. The second-order valence-electron chi connectivity index (χ2n) is 5.70. The fraction of sp³-hybridized carbons (Fsp3) is 0.529. The van der Waals surface area contributed by atoms with Crippen molar-refractivity contribution in [3.05, 3.63) is 29.8 Å². The van der Waals surface area contributed by atoms with Gasteiger partial charge < -0.3 is 4.74 Å². The summed E-state index contributed by atoms with van der Waals surface area (Å²) in [7, 11) is 0. The largest absolute Gasteiger partial charge is 0.484 e. The number of hydrazone groups is 1. The van der Waals surface area contributed by atoms with Gasteiger partial charge in [-0.2, -0.15) is 5.10 Å². The first-order valence-corrected chi connectivity index (χ1v) is 7.73. The Kier molecular flexibility index (Phi) is 5.78. The molecule has 114 valence electrons. The van der Waals surface area contributed by atoms with Crippen molar-refractivity contribution in [1.82, 2.24) is 5.43 Å². The molecule has 2 rings (SSSR count). The number of nitrogens with zero attached hydrogens (tertiary/aromatic N) is 1. The molecule has 0 radical (unpaired) electrons. The smallest absolute Gasteiger partial charge is 0.277 e. The maximum atomic E-state index is 11.7. The van der Waals surface area contributed by atoms with E-state index >= 15 is 0 Å². The van der Waals surface area contributed by atoms with E-state index in [0.29, 0.717) is 11.7 Å². The third-order valence-corrected chi connectivity index (χ3v) is 3.79. The molecule has 0 saturated heterocycles. The first-order chi connectivity index (χ1) is 10.2. The van der Waals surface area contributed by atoms with Crippen LogP contribution < -0.4 is 10.2 Å². The van der Waals surface area contributed by atoms with E-state index in [9.17, 15) is 4.79 Å². The summed E-state index contributed by atoms with van der Waals surface area (Å²) in [4.78, 5) is 11.7. The van der Waals surface area contributed by atoms with Crippen molar-refractivity contribution in [1.29, 1.82) is 0 Å². The molecule has 4 nitrogen and oxygen atoms in total. The van der Waals surface area contributed by atoms with Crippen LogP contribution >= 0.6 is 0 Å². The van der Waals surface area contributed by atoms with Gasteiger partial charge in [0.1, 0.15) is 5.75 Å². The summed E-state index contributed by atoms with van der Waals surface area (Å²) >= 11 is 0. The van der Waals surface area contributed by atoms with Crippen molar-refractivity contribution in [2.45, 2.75) is 46.0 Å². The molecule has 4 heteroatoms. The summed E-state index contributed by atoms with van der Waals surface area (Å²) in [6.07, 6.45) is 5.39. The van der Waals surface area contributed by atoms with E-state index in [-0.39, 0.29) is 12.5 Å². The fourth-order valence-electron chi connectivity index (χ4n) is 2.51. The molecule has 1 aromatic rings. The topological polar surface area (TPSA) is 50.7 Å². The first-order valence-electron chi connectivity index (χ1n) is 7.73. The van der Waals surface area contributed by atoms with Gasteiger partial charge in [-0.25, -0.2) is 5.43 Å². The molecular formula is C17H24N2O2. The molecule has 1 fully saturated rings. The summed E-state index contributed by atoms with van der Waals surface area (Å²) in [5.74, 6) is 1.17. The lowest BCUT2D eigenvalue weighted by atomic mass is 9.89. The van der Waals surface area contributed by atoms with Crippen LogP contribution in [0.5, 0.6) is 5.75 Å². The third kappa shape index (κ3) is 5.21. The van der Waals surface area contributed by atoms with Gasteiger partial charge in [-0.1, -0.05) is 26.0 Å². The zero-order valence-corrected chi connectivity index (χ0v) is 12.9. The second kappa shape index (κ2) is 7.81. The van der Waals surface area contributed by atoms with Gasteiger partial charge in [0.15, 0.2) is 6.61 Å². The molecule has 0 heterocycles. The Morgan fingerprint density at radius 2 is 2.14 bits per heavy atom. The number of hydrogen-bond donors (Lipinski definition) is 1. The molecule has 1 aliphatic carbocycles. The van der Waals surface area contributed by atoms with Crippen LogP contribution in [0.3, 0.4) is 0 Å². The van der Waals surface area contributed by atoms with Gasteiger partial charge in [0.25, 0.3) is 5.91 Å². The van der Waals surface area contributed by atoms with Gasteiger partial charge in [0, 0.05) is 5.71 Å². The number of aryl methyl sites for hydroxylation is 1. The number of carbonyl (C=O) groups excluding carboxylic acids is 1. The van der Waals surface area contributed by atoms with Crippen LogP contribution in [0.4, 0.5) is 0 Å². The van der Waals surface area contributed by atoms with E-state index in [0.717, 1.165) is 31.4 Å². The van der Waals surface area contributed by atoms with Crippen molar-refractivity contribution < 1.29 is 9.53 Å². The Bertz CT molecular complexity index is 494. The molecule has 1 N–H and O–H groups in total. The van der Waals surface area contributed by atoms with Crippen LogP contribution in [0.25, 0.3) is 0 Å². The molecule has 21 heavy (non-hydrogen) atoms. The average molecular weight is 288 g/mol. The minimum atomic E-state index is -0.208. The third-order valence-electron chi connectivity index (χ3n) is 3.79. The minimum absolute atomic E-state index is 0.00218. The first kappa shape index (κ1) is 15.5. The highest BCUT2D eigenvalue weighted by Crippen LogP contribution is 2.20. The summed E-state index contributed by atoms with van der Waals surface area (Å²) in [6.45, 7) is 4.33. The highest BCUT2D eigenvalue weighted by Gasteiger charge is 2.14. The molecule has 1 aliphatic rings. The molecule has 0 spiro atoms. The minimum Gasteiger partial charge on any atom is -0.484 e. The van der Waals surface area contributed by atoms with E-state index in [1.165, 1.54) is 12.0 Å². The lowest BCUT2D eigenvalue weighted by Gasteiger charge is -2.18. The molecule has 1 atom stereocenters. The van der Waals surface area contributed by atoms with Gasteiger partial charge in [-0.3, -0.25) is 4.79 Å². The van der Waals surface area contributed by atoms with E-state index in [4.69, 9.17) is 4.74 Å². The van der Waals surface area contributed by atoms with Crippen molar-refractivity contribution in [2.75, 3.05) is 6.61 Å².